The predicted octanol–water partition coefficient (Wildman–Crippen LogP) is -0.435. The summed E-state index contributed by atoms with van der Waals surface area (Å²) in [6.45, 7) is 6.47. The second-order valence-corrected chi connectivity index (χ2v) is 5.14. The van der Waals surface area contributed by atoms with Crippen molar-refractivity contribution in [2.24, 2.45) is 0 Å². The van der Waals surface area contributed by atoms with Crippen LogP contribution in [0.1, 0.15) is 33.6 Å². The lowest BCUT2D eigenvalue weighted by molar-refractivity contribution is -0.145. The van der Waals surface area contributed by atoms with E-state index in [0.717, 1.165) is 6.42 Å². The van der Waals surface area contributed by atoms with E-state index in [1.807, 2.05) is 13.8 Å². The van der Waals surface area contributed by atoms with Gasteiger partial charge in [-0.15, -0.1) is 0 Å². The minimum Gasteiger partial charge on any atom is -0.481 e. The van der Waals surface area contributed by atoms with Gasteiger partial charge >= 0.3 is 5.97 Å². The highest BCUT2D eigenvalue weighted by atomic mass is 16.4. The molecule has 1 aliphatic rings. The van der Waals surface area contributed by atoms with Crippen molar-refractivity contribution < 1.29 is 19.5 Å². The van der Waals surface area contributed by atoms with Gasteiger partial charge in [-0.1, -0.05) is 6.92 Å². The molecule has 1 aliphatic heterocycles. The minimum atomic E-state index is -1.05. The summed E-state index contributed by atoms with van der Waals surface area (Å²) in [5.41, 5.74) is 0. The Labute approximate surface area is 118 Å². The van der Waals surface area contributed by atoms with Gasteiger partial charge < -0.3 is 15.7 Å². The van der Waals surface area contributed by atoms with E-state index in [1.165, 1.54) is 0 Å². The van der Waals surface area contributed by atoms with Crippen LogP contribution >= 0.6 is 0 Å². The third-order valence-electron chi connectivity index (χ3n) is 3.62. The SMILES string of the molecule is CCC(C)NC(=O)C(C)N1CCNC(=O)C1CC(=O)O. The Balaban J connectivity index is 2.76. The number of carboxylic acid groups (broad SMARTS) is 1. The standard InChI is InChI=1S/C13H23N3O4/c1-4-8(2)15-12(19)9(3)16-6-5-14-13(20)10(16)7-11(17)18/h8-10H,4-7H2,1-3H3,(H,14,20)(H,15,19)(H,17,18). The van der Waals surface area contributed by atoms with E-state index >= 15 is 0 Å². The van der Waals surface area contributed by atoms with E-state index in [9.17, 15) is 14.4 Å². The number of carbonyl (C=O) groups is 3. The number of hydrogen-bond donors (Lipinski definition) is 3. The van der Waals surface area contributed by atoms with Gasteiger partial charge in [-0.05, 0) is 20.3 Å². The van der Waals surface area contributed by atoms with Crippen LogP contribution in [0.15, 0.2) is 0 Å². The number of aliphatic carboxylic acids is 1. The summed E-state index contributed by atoms with van der Waals surface area (Å²) in [5, 5.41) is 14.4. The monoisotopic (exact) mass is 285 g/mol. The summed E-state index contributed by atoms with van der Waals surface area (Å²) in [6.07, 6.45) is 0.518. The zero-order valence-corrected chi connectivity index (χ0v) is 12.2. The van der Waals surface area contributed by atoms with Gasteiger partial charge in [0.15, 0.2) is 0 Å². The van der Waals surface area contributed by atoms with Crippen molar-refractivity contribution in [2.75, 3.05) is 13.1 Å². The van der Waals surface area contributed by atoms with E-state index in [2.05, 4.69) is 10.6 Å². The number of carbonyl (C=O) groups excluding carboxylic acids is 2. The Kier molecular flexibility index (Phi) is 5.94. The number of rotatable bonds is 6. The first-order valence-electron chi connectivity index (χ1n) is 6.92. The van der Waals surface area contributed by atoms with Gasteiger partial charge in [-0.25, -0.2) is 0 Å². The average Bonchev–Trinajstić information content (AvgIpc) is 2.39. The van der Waals surface area contributed by atoms with Crippen molar-refractivity contribution in [1.82, 2.24) is 15.5 Å². The van der Waals surface area contributed by atoms with Crippen LogP contribution in [0, 0.1) is 0 Å². The minimum absolute atomic E-state index is 0.0569. The van der Waals surface area contributed by atoms with E-state index in [1.54, 1.807) is 11.8 Å². The number of carboxylic acids is 1. The lowest BCUT2D eigenvalue weighted by Crippen LogP contribution is -2.61. The van der Waals surface area contributed by atoms with Crippen molar-refractivity contribution in [3.63, 3.8) is 0 Å². The van der Waals surface area contributed by atoms with Crippen LogP contribution in [0.3, 0.4) is 0 Å². The van der Waals surface area contributed by atoms with Gasteiger partial charge in [0.05, 0.1) is 12.5 Å². The molecule has 1 heterocycles. The first kappa shape index (κ1) is 16.4. The summed E-state index contributed by atoms with van der Waals surface area (Å²) in [5.74, 6) is -1.56. The highest BCUT2D eigenvalue weighted by Gasteiger charge is 2.36. The van der Waals surface area contributed by atoms with Crippen LogP contribution in [0.5, 0.6) is 0 Å². The molecule has 7 heteroatoms. The van der Waals surface area contributed by atoms with E-state index in [4.69, 9.17) is 5.11 Å². The highest BCUT2D eigenvalue weighted by Crippen LogP contribution is 2.13. The van der Waals surface area contributed by atoms with Crippen LogP contribution in [0.2, 0.25) is 0 Å². The molecule has 2 amide bonds. The van der Waals surface area contributed by atoms with E-state index < -0.39 is 18.1 Å². The van der Waals surface area contributed by atoms with Gasteiger partial charge in [0.1, 0.15) is 6.04 Å². The second kappa shape index (κ2) is 7.23. The smallest absolute Gasteiger partial charge is 0.305 e. The fourth-order valence-corrected chi connectivity index (χ4v) is 2.19. The maximum absolute atomic E-state index is 12.1. The summed E-state index contributed by atoms with van der Waals surface area (Å²) in [7, 11) is 0. The molecule has 0 aromatic rings. The molecule has 0 aromatic heterocycles. The van der Waals surface area contributed by atoms with Crippen molar-refractivity contribution in [2.45, 2.75) is 51.7 Å². The molecule has 0 aromatic carbocycles. The third-order valence-corrected chi connectivity index (χ3v) is 3.62. The Morgan fingerprint density at radius 1 is 1.50 bits per heavy atom. The van der Waals surface area contributed by atoms with Crippen LogP contribution in [-0.4, -0.2) is 59.0 Å². The van der Waals surface area contributed by atoms with E-state index in [-0.39, 0.29) is 24.3 Å². The molecule has 20 heavy (non-hydrogen) atoms. The van der Waals surface area contributed by atoms with Crippen LogP contribution in [0.4, 0.5) is 0 Å². The first-order chi connectivity index (χ1) is 9.36. The fraction of sp³-hybridized carbons (Fsp3) is 0.769. The Hall–Kier alpha value is -1.63. The summed E-state index contributed by atoms with van der Waals surface area (Å²) >= 11 is 0. The molecule has 0 bridgehead atoms. The number of nitrogens with one attached hydrogen (secondary N) is 2. The quantitative estimate of drug-likeness (QED) is 0.615. The molecule has 0 spiro atoms. The van der Waals surface area contributed by atoms with Crippen molar-refractivity contribution in [3.05, 3.63) is 0 Å². The van der Waals surface area contributed by atoms with E-state index in [0.29, 0.717) is 13.1 Å². The zero-order chi connectivity index (χ0) is 15.3. The van der Waals surface area contributed by atoms with Gasteiger partial charge in [0.2, 0.25) is 11.8 Å². The molecule has 1 rings (SSSR count). The largest absolute Gasteiger partial charge is 0.481 e. The summed E-state index contributed by atoms with van der Waals surface area (Å²) in [6, 6.07) is -1.26. The number of nitrogens with zero attached hydrogens (tertiary/aromatic N) is 1. The van der Waals surface area contributed by atoms with Gasteiger partial charge in [-0.2, -0.15) is 0 Å². The molecule has 0 aliphatic carbocycles. The lowest BCUT2D eigenvalue weighted by Gasteiger charge is -2.38. The Bertz CT molecular complexity index is 386. The second-order valence-electron chi connectivity index (χ2n) is 5.14. The molecule has 114 valence electrons. The van der Waals surface area contributed by atoms with Crippen molar-refractivity contribution in [1.29, 1.82) is 0 Å². The first-order valence-corrected chi connectivity index (χ1v) is 6.92. The molecule has 1 saturated heterocycles. The van der Waals surface area contributed by atoms with Crippen LogP contribution in [0.25, 0.3) is 0 Å². The molecular formula is C13H23N3O4. The summed E-state index contributed by atoms with van der Waals surface area (Å²) in [4.78, 5) is 36.4. The lowest BCUT2D eigenvalue weighted by atomic mass is 10.1. The molecule has 3 unspecified atom stereocenters. The molecule has 0 saturated carbocycles. The average molecular weight is 285 g/mol. The van der Waals surface area contributed by atoms with Crippen molar-refractivity contribution >= 4 is 17.8 Å². The van der Waals surface area contributed by atoms with Crippen LogP contribution in [-0.2, 0) is 14.4 Å². The molecule has 1 fully saturated rings. The van der Waals surface area contributed by atoms with Crippen molar-refractivity contribution in [3.8, 4) is 0 Å². The normalized spacial score (nSPS) is 22.8. The molecule has 3 N–H and O–H groups in total. The molecule has 7 nitrogen and oxygen atoms in total. The third kappa shape index (κ3) is 4.19. The van der Waals surface area contributed by atoms with Gasteiger partial charge in [0.25, 0.3) is 0 Å². The summed E-state index contributed by atoms with van der Waals surface area (Å²) < 4.78 is 0. The van der Waals surface area contributed by atoms with Gasteiger partial charge in [-0.3, -0.25) is 19.3 Å². The molecule has 3 atom stereocenters. The Morgan fingerprint density at radius 3 is 2.70 bits per heavy atom. The molecule has 0 radical (unpaired) electrons. The number of hydrogen-bond acceptors (Lipinski definition) is 4. The zero-order valence-electron chi connectivity index (χ0n) is 12.2. The fourth-order valence-electron chi connectivity index (χ4n) is 2.19. The Morgan fingerprint density at radius 2 is 2.15 bits per heavy atom. The number of piperazine rings is 1. The highest BCUT2D eigenvalue weighted by molar-refractivity contribution is 5.88. The van der Waals surface area contributed by atoms with Crippen LogP contribution < -0.4 is 10.6 Å². The van der Waals surface area contributed by atoms with Gasteiger partial charge in [0, 0.05) is 19.1 Å². The predicted molar refractivity (Wildman–Crippen MR) is 73.1 cm³/mol. The molecular weight excluding hydrogens is 262 g/mol. The maximum Gasteiger partial charge on any atom is 0.305 e. The number of amides is 2. The maximum atomic E-state index is 12.1. The topological polar surface area (TPSA) is 98.7 Å².